The normalized spacial score (nSPS) is 12.9. The highest BCUT2D eigenvalue weighted by Gasteiger charge is 2.19. The van der Waals surface area contributed by atoms with Gasteiger partial charge in [0, 0.05) is 5.69 Å². The highest BCUT2D eigenvalue weighted by Crippen LogP contribution is 2.12. The second kappa shape index (κ2) is 10.5. The number of hydrogen-bond donors (Lipinski definition) is 3. The number of para-hydroxylation sites is 1. The van der Waals surface area contributed by atoms with E-state index in [0.29, 0.717) is 0 Å². The number of carbonyl (C=O) groups excluding carboxylic acids is 2. The van der Waals surface area contributed by atoms with Gasteiger partial charge < -0.3 is 15.5 Å². The molecule has 0 aromatic heterocycles. The van der Waals surface area contributed by atoms with E-state index in [-0.39, 0.29) is 30.9 Å². The lowest BCUT2D eigenvalue weighted by Crippen LogP contribution is -3.14. The Balaban J connectivity index is 1.89. The van der Waals surface area contributed by atoms with E-state index in [0.717, 1.165) is 34.7 Å². The summed E-state index contributed by atoms with van der Waals surface area (Å²) in [6.45, 7) is 7.32. The zero-order valence-electron chi connectivity index (χ0n) is 16.4. The number of rotatable bonds is 9. The molecule has 1 unspecified atom stereocenters. The number of aryl methyl sites for hydroxylation is 1. The second-order valence-electron chi connectivity index (χ2n) is 6.92. The molecular weight excluding hydrogens is 338 g/mol. The van der Waals surface area contributed by atoms with Crippen molar-refractivity contribution in [3.05, 3.63) is 65.7 Å². The van der Waals surface area contributed by atoms with Crippen LogP contribution >= 0.6 is 0 Å². The Morgan fingerprint density at radius 2 is 1.59 bits per heavy atom. The standard InChI is InChI=1S/C22H29N3O2/c1-4-14-25(16-22(27)24-20-13-9-8-10-17(20)2)15-21(26)23-18(3)19-11-6-5-7-12-19/h5-13,18H,4,14-16H2,1-3H3,(H,23,26)(H,24,27)/p+1/t18-/m1/s1. The van der Waals surface area contributed by atoms with Gasteiger partial charge in [0.2, 0.25) is 0 Å². The quantitative estimate of drug-likeness (QED) is 0.635. The van der Waals surface area contributed by atoms with Crippen LogP contribution in [-0.4, -0.2) is 31.4 Å². The maximum atomic E-state index is 12.4. The molecule has 0 saturated heterocycles. The van der Waals surface area contributed by atoms with Crippen LogP contribution < -0.4 is 15.5 Å². The minimum atomic E-state index is -0.0725. The number of nitrogens with one attached hydrogen (secondary N) is 3. The fraction of sp³-hybridized carbons (Fsp3) is 0.364. The average Bonchev–Trinajstić information content (AvgIpc) is 2.64. The summed E-state index contributed by atoms with van der Waals surface area (Å²) >= 11 is 0. The molecule has 0 fully saturated rings. The molecule has 2 aromatic rings. The van der Waals surface area contributed by atoms with E-state index in [1.54, 1.807) is 0 Å². The molecule has 2 amide bonds. The molecule has 3 N–H and O–H groups in total. The van der Waals surface area contributed by atoms with Crippen molar-refractivity contribution in [3.63, 3.8) is 0 Å². The molecule has 5 nitrogen and oxygen atoms in total. The van der Waals surface area contributed by atoms with Crippen molar-refractivity contribution < 1.29 is 14.5 Å². The van der Waals surface area contributed by atoms with Crippen molar-refractivity contribution in [1.82, 2.24) is 5.32 Å². The fourth-order valence-electron chi connectivity index (χ4n) is 3.07. The highest BCUT2D eigenvalue weighted by molar-refractivity contribution is 5.92. The summed E-state index contributed by atoms with van der Waals surface area (Å²) in [5, 5.41) is 5.97. The minimum absolute atomic E-state index is 0.0431. The number of benzene rings is 2. The van der Waals surface area contributed by atoms with E-state index in [4.69, 9.17) is 0 Å². The first-order valence-corrected chi connectivity index (χ1v) is 9.53. The van der Waals surface area contributed by atoms with Gasteiger partial charge in [-0.25, -0.2) is 0 Å². The molecule has 0 saturated carbocycles. The van der Waals surface area contributed by atoms with Crippen LogP contribution in [0, 0.1) is 6.92 Å². The number of amides is 2. The van der Waals surface area contributed by atoms with Crippen molar-refractivity contribution >= 4 is 17.5 Å². The number of hydrogen-bond acceptors (Lipinski definition) is 2. The number of carbonyl (C=O) groups is 2. The zero-order chi connectivity index (χ0) is 19.6. The van der Waals surface area contributed by atoms with Crippen LogP contribution in [0.4, 0.5) is 5.69 Å². The van der Waals surface area contributed by atoms with Crippen molar-refractivity contribution in [2.45, 2.75) is 33.2 Å². The van der Waals surface area contributed by atoms with Gasteiger partial charge in [-0.15, -0.1) is 0 Å². The Labute approximate surface area is 161 Å². The number of anilines is 1. The van der Waals surface area contributed by atoms with Gasteiger partial charge in [-0.1, -0.05) is 55.5 Å². The fourth-order valence-corrected chi connectivity index (χ4v) is 3.07. The van der Waals surface area contributed by atoms with Crippen LogP contribution in [0.1, 0.15) is 37.4 Å². The molecule has 0 aliphatic rings. The topological polar surface area (TPSA) is 62.6 Å². The molecule has 0 spiro atoms. The molecule has 0 heterocycles. The van der Waals surface area contributed by atoms with Gasteiger partial charge in [0.25, 0.3) is 11.8 Å². The Morgan fingerprint density at radius 3 is 2.26 bits per heavy atom. The van der Waals surface area contributed by atoms with Crippen molar-refractivity contribution in [2.75, 3.05) is 25.0 Å². The molecule has 144 valence electrons. The van der Waals surface area contributed by atoms with Gasteiger partial charge in [0.05, 0.1) is 12.6 Å². The van der Waals surface area contributed by atoms with Crippen molar-refractivity contribution in [2.24, 2.45) is 0 Å². The Morgan fingerprint density at radius 1 is 0.963 bits per heavy atom. The first kappa shape index (κ1) is 20.6. The summed E-state index contributed by atoms with van der Waals surface area (Å²) in [5.41, 5.74) is 2.91. The second-order valence-corrected chi connectivity index (χ2v) is 6.92. The maximum Gasteiger partial charge on any atom is 0.279 e. The SMILES string of the molecule is CCC[NH+](CC(=O)Nc1ccccc1C)CC(=O)N[C@H](C)c1ccccc1. The molecular formula is C22H30N3O2+. The van der Waals surface area contributed by atoms with Crippen molar-refractivity contribution in [1.29, 1.82) is 0 Å². The van der Waals surface area contributed by atoms with Crippen LogP contribution in [0.15, 0.2) is 54.6 Å². The Bertz CT molecular complexity index is 746. The molecule has 2 atom stereocenters. The molecule has 2 aromatic carbocycles. The molecule has 0 aliphatic carbocycles. The van der Waals surface area contributed by atoms with E-state index >= 15 is 0 Å². The first-order valence-electron chi connectivity index (χ1n) is 9.53. The lowest BCUT2D eigenvalue weighted by Gasteiger charge is -2.20. The summed E-state index contributed by atoms with van der Waals surface area (Å²) in [6, 6.07) is 17.5. The zero-order valence-corrected chi connectivity index (χ0v) is 16.4. The predicted octanol–water partition coefficient (Wildman–Crippen LogP) is 2.11. The summed E-state index contributed by atoms with van der Waals surface area (Å²) in [7, 11) is 0. The van der Waals surface area contributed by atoms with Gasteiger partial charge >= 0.3 is 0 Å². The van der Waals surface area contributed by atoms with Gasteiger partial charge in [-0.2, -0.15) is 0 Å². The van der Waals surface area contributed by atoms with E-state index in [1.807, 2.05) is 68.4 Å². The van der Waals surface area contributed by atoms with Crippen LogP contribution in [0.3, 0.4) is 0 Å². The van der Waals surface area contributed by atoms with Gasteiger partial charge in [-0.3, -0.25) is 9.59 Å². The van der Waals surface area contributed by atoms with Crippen LogP contribution in [-0.2, 0) is 9.59 Å². The van der Waals surface area contributed by atoms with Crippen molar-refractivity contribution in [3.8, 4) is 0 Å². The van der Waals surface area contributed by atoms with Gasteiger partial charge in [0.1, 0.15) is 0 Å². The summed E-state index contributed by atoms with van der Waals surface area (Å²) in [5.74, 6) is -0.116. The lowest BCUT2D eigenvalue weighted by molar-refractivity contribution is -0.883. The van der Waals surface area contributed by atoms with Crippen LogP contribution in [0.2, 0.25) is 0 Å². The Kier molecular flexibility index (Phi) is 8.01. The largest absolute Gasteiger partial charge is 0.345 e. The maximum absolute atomic E-state index is 12.4. The minimum Gasteiger partial charge on any atom is -0.345 e. The monoisotopic (exact) mass is 368 g/mol. The summed E-state index contributed by atoms with van der Waals surface area (Å²) < 4.78 is 0. The van der Waals surface area contributed by atoms with Crippen LogP contribution in [0.5, 0.6) is 0 Å². The predicted molar refractivity (Wildman–Crippen MR) is 109 cm³/mol. The lowest BCUT2D eigenvalue weighted by atomic mass is 10.1. The molecule has 0 bridgehead atoms. The summed E-state index contributed by atoms with van der Waals surface area (Å²) in [4.78, 5) is 25.8. The highest BCUT2D eigenvalue weighted by atomic mass is 16.2. The van der Waals surface area contributed by atoms with Crippen LogP contribution in [0.25, 0.3) is 0 Å². The summed E-state index contributed by atoms with van der Waals surface area (Å²) in [6.07, 6.45) is 0.911. The molecule has 0 radical (unpaired) electrons. The molecule has 2 rings (SSSR count). The molecule has 0 aliphatic heterocycles. The molecule has 5 heteroatoms. The smallest absolute Gasteiger partial charge is 0.279 e. The van der Waals surface area contributed by atoms with E-state index in [1.165, 1.54) is 0 Å². The third-order valence-corrected chi connectivity index (χ3v) is 4.52. The van der Waals surface area contributed by atoms with E-state index < -0.39 is 0 Å². The number of quaternary nitrogens is 1. The first-order chi connectivity index (χ1) is 13.0. The third kappa shape index (κ3) is 6.87. The Hall–Kier alpha value is -2.66. The average molecular weight is 369 g/mol. The third-order valence-electron chi connectivity index (χ3n) is 4.52. The molecule has 27 heavy (non-hydrogen) atoms. The van der Waals surface area contributed by atoms with E-state index in [2.05, 4.69) is 17.6 Å². The van der Waals surface area contributed by atoms with Gasteiger partial charge in [-0.05, 0) is 37.5 Å². The van der Waals surface area contributed by atoms with E-state index in [9.17, 15) is 9.59 Å². The van der Waals surface area contributed by atoms with Gasteiger partial charge in [0.15, 0.2) is 13.1 Å².